The number of hydrogen-bond donors (Lipinski definition) is 0. The van der Waals surface area contributed by atoms with Gasteiger partial charge in [-0.1, -0.05) is 18.2 Å². The number of nitrogens with zero attached hydrogens (tertiary/aromatic N) is 2. The smallest absolute Gasteiger partial charge is 0.264 e. The highest BCUT2D eigenvalue weighted by molar-refractivity contribution is 7.92. The molecule has 0 aromatic heterocycles. The Bertz CT molecular complexity index is 804. The van der Waals surface area contributed by atoms with Gasteiger partial charge in [0, 0.05) is 13.1 Å². The molecule has 0 saturated heterocycles. The molecule has 7 heteroatoms. The Kier molecular flexibility index (Phi) is 6.14. The number of likely N-dealkylation sites (N-methyl/N-ethyl adjacent to an activating group) is 1. The summed E-state index contributed by atoms with van der Waals surface area (Å²) in [5.74, 6) is -0.787. The Morgan fingerprint density at radius 2 is 1.52 bits per heavy atom. The number of rotatable bonds is 7. The van der Waals surface area contributed by atoms with Gasteiger partial charge in [-0.2, -0.15) is 0 Å². The quantitative estimate of drug-likeness (QED) is 0.759. The lowest BCUT2D eigenvalue weighted by molar-refractivity contribution is -0.129. The van der Waals surface area contributed by atoms with Gasteiger partial charge in [0.1, 0.15) is 12.4 Å². The number of benzene rings is 2. The van der Waals surface area contributed by atoms with Crippen LogP contribution in [0, 0.1) is 5.82 Å². The monoisotopic (exact) mass is 364 g/mol. The van der Waals surface area contributed by atoms with Crippen LogP contribution in [0.1, 0.15) is 13.8 Å². The Balaban J connectivity index is 2.45. The minimum atomic E-state index is -3.95. The number of halogens is 1. The van der Waals surface area contributed by atoms with Crippen LogP contribution in [-0.4, -0.2) is 38.9 Å². The molecule has 25 heavy (non-hydrogen) atoms. The Hall–Kier alpha value is -2.41. The Morgan fingerprint density at radius 1 is 0.960 bits per heavy atom. The first-order valence-electron chi connectivity index (χ1n) is 8.01. The molecule has 2 aromatic rings. The Morgan fingerprint density at radius 3 is 2.04 bits per heavy atom. The molecule has 0 bridgehead atoms. The zero-order valence-electron chi connectivity index (χ0n) is 14.2. The second kappa shape index (κ2) is 8.11. The van der Waals surface area contributed by atoms with Gasteiger partial charge < -0.3 is 4.90 Å². The summed E-state index contributed by atoms with van der Waals surface area (Å²) in [7, 11) is -3.95. The molecule has 0 aliphatic heterocycles. The number of carbonyl (C=O) groups excluding carboxylic acids is 1. The summed E-state index contributed by atoms with van der Waals surface area (Å²) in [5.41, 5.74) is 0.241. The molecule has 0 fully saturated rings. The van der Waals surface area contributed by atoms with Crippen LogP contribution in [-0.2, 0) is 14.8 Å². The molecule has 2 rings (SSSR count). The summed E-state index contributed by atoms with van der Waals surface area (Å²) in [6, 6.07) is 12.9. The first kappa shape index (κ1) is 18.9. The van der Waals surface area contributed by atoms with Gasteiger partial charge in [0.05, 0.1) is 10.6 Å². The van der Waals surface area contributed by atoms with Gasteiger partial charge in [0.15, 0.2) is 0 Å². The number of sulfonamides is 1. The van der Waals surface area contributed by atoms with Crippen LogP contribution >= 0.6 is 0 Å². The molecule has 2 aromatic carbocycles. The fourth-order valence-corrected chi connectivity index (χ4v) is 3.88. The van der Waals surface area contributed by atoms with E-state index in [1.807, 2.05) is 13.8 Å². The van der Waals surface area contributed by atoms with Gasteiger partial charge in [-0.15, -0.1) is 0 Å². The first-order chi connectivity index (χ1) is 11.9. The predicted molar refractivity (Wildman–Crippen MR) is 95.3 cm³/mol. The maximum atomic E-state index is 13.2. The summed E-state index contributed by atoms with van der Waals surface area (Å²) in [6.07, 6.45) is 0. The van der Waals surface area contributed by atoms with Gasteiger partial charge in [-0.05, 0) is 50.2 Å². The maximum Gasteiger partial charge on any atom is 0.264 e. The minimum Gasteiger partial charge on any atom is -0.342 e. The van der Waals surface area contributed by atoms with Crippen molar-refractivity contribution in [3.05, 3.63) is 60.4 Å². The molecule has 0 unspecified atom stereocenters. The minimum absolute atomic E-state index is 0.0756. The van der Waals surface area contributed by atoms with Crippen molar-refractivity contribution in [1.82, 2.24) is 4.90 Å². The van der Waals surface area contributed by atoms with Crippen LogP contribution in [0.15, 0.2) is 59.5 Å². The van der Waals surface area contributed by atoms with E-state index in [4.69, 9.17) is 0 Å². The van der Waals surface area contributed by atoms with E-state index in [1.165, 1.54) is 36.4 Å². The van der Waals surface area contributed by atoms with E-state index in [-0.39, 0.29) is 23.0 Å². The average molecular weight is 364 g/mol. The van der Waals surface area contributed by atoms with E-state index in [9.17, 15) is 17.6 Å². The van der Waals surface area contributed by atoms with E-state index in [2.05, 4.69) is 0 Å². The lowest BCUT2D eigenvalue weighted by Gasteiger charge is -2.27. The topological polar surface area (TPSA) is 57.7 Å². The van der Waals surface area contributed by atoms with E-state index in [0.717, 1.165) is 4.31 Å². The average Bonchev–Trinajstić information content (AvgIpc) is 2.62. The normalized spacial score (nSPS) is 11.2. The molecule has 0 spiro atoms. The molecule has 0 aliphatic rings. The molecule has 5 nitrogen and oxygen atoms in total. The summed E-state index contributed by atoms with van der Waals surface area (Å²) in [6.45, 7) is 4.28. The second-order valence-corrected chi connectivity index (χ2v) is 7.23. The number of anilines is 1. The molecule has 1 amide bonds. The first-order valence-corrected chi connectivity index (χ1v) is 9.45. The summed E-state index contributed by atoms with van der Waals surface area (Å²) < 4.78 is 40.3. The molecule has 0 N–H and O–H groups in total. The predicted octanol–water partition coefficient (Wildman–Crippen LogP) is 2.89. The van der Waals surface area contributed by atoms with Crippen LogP contribution < -0.4 is 4.31 Å². The highest BCUT2D eigenvalue weighted by Gasteiger charge is 2.28. The number of hydrogen-bond acceptors (Lipinski definition) is 3. The third kappa shape index (κ3) is 4.36. The summed E-state index contributed by atoms with van der Waals surface area (Å²) in [5, 5.41) is 0. The van der Waals surface area contributed by atoms with E-state index < -0.39 is 15.8 Å². The lowest BCUT2D eigenvalue weighted by atomic mass is 10.3. The van der Waals surface area contributed by atoms with Crippen LogP contribution in [0.25, 0.3) is 0 Å². The van der Waals surface area contributed by atoms with E-state index in [1.54, 1.807) is 23.1 Å². The lowest BCUT2D eigenvalue weighted by Crippen LogP contribution is -2.43. The molecule has 0 radical (unpaired) electrons. The molecule has 0 saturated carbocycles. The van der Waals surface area contributed by atoms with E-state index in [0.29, 0.717) is 13.1 Å². The SMILES string of the molecule is CCN(CC)C(=O)CN(c1ccc(F)cc1)S(=O)(=O)c1ccccc1. The second-order valence-electron chi connectivity index (χ2n) is 5.37. The van der Waals surface area contributed by atoms with Crippen LogP contribution in [0.3, 0.4) is 0 Å². The van der Waals surface area contributed by atoms with Crippen molar-refractivity contribution < 1.29 is 17.6 Å². The largest absolute Gasteiger partial charge is 0.342 e. The molecule has 0 heterocycles. The van der Waals surface area contributed by atoms with Crippen LogP contribution in [0.5, 0.6) is 0 Å². The fourth-order valence-electron chi connectivity index (χ4n) is 2.44. The third-order valence-electron chi connectivity index (χ3n) is 3.84. The third-order valence-corrected chi connectivity index (χ3v) is 5.63. The van der Waals surface area contributed by atoms with Crippen LogP contribution in [0.4, 0.5) is 10.1 Å². The zero-order valence-corrected chi connectivity index (χ0v) is 15.0. The van der Waals surface area contributed by atoms with Crippen molar-refractivity contribution >= 4 is 21.6 Å². The van der Waals surface area contributed by atoms with Gasteiger partial charge in [-0.3, -0.25) is 9.10 Å². The van der Waals surface area contributed by atoms with Crippen molar-refractivity contribution in [2.45, 2.75) is 18.7 Å². The fraction of sp³-hybridized carbons (Fsp3) is 0.278. The van der Waals surface area contributed by atoms with E-state index >= 15 is 0 Å². The van der Waals surface area contributed by atoms with Gasteiger partial charge in [0.2, 0.25) is 5.91 Å². The van der Waals surface area contributed by atoms with Crippen molar-refractivity contribution in [2.75, 3.05) is 23.9 Å². The van der Waals surface area contributed by atoms with Crippen molar-refractivity contribution in [3.8, 4) is 0 Å². The molecule has 0 atom stereocenters. The highest BCUT2D eigenvalue weighted by Crippen LogP contribution is 2.24. The van der Waals surface area contributed by atoms with Crippen LogP contribution in [0.2, 0.25) is 0 Å². The van der Waals surface area contributed by atoms with Gasteiger partial charge >= 0.3 is 0 Å². The highest BCUT2D eigenvalue weighted by atomic mass is 32.2. The van der Waals surface area contributed by atoms with Crippen molar-refractivity contribution in [2.24, 2.45) is 0 Å². The number of carbonyl (C=O) groups is 1. The van der Waals surface area contributed by atoms with Crippen molar-refractivity contribution in [1.29, 1.82) is 0 Å². The molecular weight excluding hydrogens is 343 g/mol. The number of amides is 1. The van der Waals surface area contributed by atoms with Gasteiger partial charge in [0.25, 0.3) is 10.0 Å². The summed E-state index contributed by atoms with van der Waals surface area (Å²) in [4.78, 5) is 14.1. The van der Waals surface area contributed by atoms with Gasteiger partial charge in [-0.25, -0.2) is 12.8 Å². The van der Waals surface area contributed by atoms with Crippen molar-refractivity contribution in [3.63, 3.8) is 0 Å². The Labute approximate surface area is 147 Å². The molecule has 0 aliphatic carbocycles. The standard InChI is InChI=1S/C18H21FN2O3S/c1-3-20(4-2)18(22)14-21(16-12-10-15(19)11-13-16)25(23,24)17-8-6-5-7-9-17/h5-13H,3-4,14H2,1-2H3. The maximum absolute atomic E-state index is 13.2. The molecule has 134 valence electrons. The molecular formula is C18H21FN2O3S. The summed E-state index contributed by atoms with van der Waals surface area (Å²) >= 11 is 0. The zero-order chi connectivity index (χ0) is 18.4.